The van der Waals surface area contributed by atoms with Gasteiger partial charge in [-0.05, 0) is 86.1 Å². The number of aromatic nitrogens is 1. The van der Waals surface area contributed by atoms with Crippen molar-refractivity contribution >= 4 is 52.3 Å². The zero-order valence-corrected chi connectivity index (χ0v) is 42.1. The summed E-state index contributed by atoms with van der Waals surface area (Å²) in [6.07, 6.45) is 1.46. The minimum atomic E-state index is -0.952. The van der Waals surface area contributed by atoms with Gasteiger partial charge in [-0.1, -0.05) is 84.3 Å². The molecule has 1 saturated heterocycles. The molecule has 5 N–H and O–H groups in total. The van der Waals surface area contributed by atoms with Crippen molar-refractivity contribution in [3.05, 3.63) is 99.6 Å². The van der Waals surface area contributed by atoms with Crippen molar-refractivity contribution in [3.8, 4) is 22.3 Å². The smallest absolute Gasteiger partial charge is 0.251 e. The summed E-state index contributed by atoms with van der Waals surface area (Å²) in [5, 5.41) is 32.7. The van der Waals surface area contributed by atoms with Crippen LogP contribution in [0.1, 0.15) is 114 Å². The molecule has 0 spiro atoms. The predicted octanol–water partition coefficient (Wildman–Crippen LogP) is 8.22. The van der Waals surface area contributed by atoms with Crippen LogP contribution in [0.3, 0.4) is 0 Å². The van der Waals surface area contributed by atoms with Gasteiger partial charge in [-0.3, -0.25) is 19.2 Å². The van der Waals surface area contributed by atoms with Gasteiger partial charge in [-0.15, -0.1) is 11.3 Å². The molecule has 1 aliphatic heterocycles. The molecule has 6 rings (SSSR count). The number of rotatable bonds is 19. The molecule has 3 aromatic carbocycles. The van der Waals surface area contributed by atoms with Crippen molar-refractivity contribution in [2.45, 2.75) is 124 Å². The number of aliphatic hydroxyl groups is 1. The molecular weight excluding hydrogens is 902 g/mol. The number of benzene rings is 3. The molecule has 2 fully saturated rings. The first kappa shape index (κ1) is 51.9. The van der Waals surface area contributed by atoms with E-state index in [4.69, 9.17) is 21.1 Å². The van der Waals surface area contributed by atoms with Gasteiger partial charge in [-0.2, -0.15) is 5.26 Å². The van der Waals surface area contributed by atoms with Crippen LogP contribution >= 0.6 is 22.9 Å². The minimum Gasteiger partial charge on any atom is -0.489 e. The molecule has 68 heavy (non-hydrogen) atoms. The summed E-state index contributed by atoms with van der Waals surface area (Å²) >= 11 is 7.81. The number of amides is 4. The van der Waals surface area contributed by atoms with Gasteiger partial charge < -0.3 is 40.7 Å². The normalized spacial score (nSPS) is 20.3. The lowest BCUT2D eigenvalue weighted by Crippen LogP contribution is -2.74. The second kappa shape index (κ2) is 21.8. The van der Waals surface area contributed by atoms with Crippen molar-refractivity contribution in [2.24, 2.45) is 16.2 Å². The maximum atomic E-state index is 14.1. The number of β-amino-alcohol motifs (C(OH)–C–C–N with tert-alkyl or cyclic N) is 1. The SMILES string of the molecule is Cc1ncsc1-c1ccc([C@H](C)NC(=O)[C@@H]2C[C@@H](O)CN2C(=O)C(NC(=O)COCCCCCNc2ccc(C(=O)NC3C(C)(C)C(Oc4ccc(C#N)c(Cl)c4)C3(C)C)cc2)C(C)(C)C)cc1. The van der Waals surface area contributed by atoms with Crippen LogP contribution in [0.25, 0.3) is 10.4 Å². The van der Waals surface area contributed by atoms with E-state index in [1.807, 2.05) is 76.5 Å². The first-order valence-corrected chi connectivity index (χ1v) is 24.5. The highest BCUT2D eigenvalue weighted by molar-refractivity contribution is 7.13. The monoisotopic (exact) mass is 967 g/mol. The molecule has 1 aliphatic carbocycles. The van der Waals surface area contributed by atoms with Gasteiger partial charge >= 0.3 is 0 Å². The standard InChI is InChI=1S/C52H66ClN7O7S/c1-31(33-13-15-34(16-14-33)43-32(2)56-30-68-43)57-46(64)41-25-38(61)28-60(41)47(65)44(50(3,4)5)58-42(62)29-66-24-12-10-11-23-55-37-20-17-35(18-21-37)45(63)59-48-51(6,7)49(52(48,8)9)67-39-22-19-36(27-54)40(53)26-39/h13-22,26,30-31,38,41,44,48-49,55,61H,10-12,23-25,28-29H2,1-9H3,(H,57,64)(H,58,62)(H,59,63)/t31-,38+,41-,44?,48?,49?/m0/s1. The Bertz CT molecular complexity index is 2450. The number of nitriles is 1. The highest BCUT2D eigenvalue weighted by Gasteiger charge is 2.64. The number of carbonyl (C=O) groups is 4. The second-order valence-electron chi connectivity index (χ2n) is 20.3. The lowest BCUT2D eigenvalue weighted by Gasteiger charge is -2.63. The van der Waals surface area contributed by atoms with Crippen molar-refractivity contribution < 1.29 is 33.8 Å². The van der Waals surface area contributed by atoms with Crippen LogP contribution in [0.4, 0.5) is 5.69 Å². The van der Waals surface area contributed by atoms with E-state index in [2.05, 4.69) is 60.0 Å². The third kappa shape index (κ3) is 12.2. The molecule has 2 heterocycles. The van der Waals surface area contributed by atoms with E-state index in [-0.39, 0.29) is 60.4 Å². The molecule has 1 unspecified atom stereocenters. The van der Waals surface area contributed by atoms with E-state index in [1.54, 1.807) is 41.7 Å². The number of ether oxygens (including phenoxy) is 2. The predicted molar refractivity (Wildman–Crippen MR) is 265 cm³/mol. The maximum absolute atomic E-state index is 14.1. The zero-order chi connectivity index (χ0) is 49.6. The highest BCUT2D eigenvalue weighted by Crippen LogP contribution is 2.55. The van der Waals surface area contributed by atoms with Crippen molar-refractivity contribution in [1.82, 2.24) is 25.8 Å². The molecule has 2 aliphatic rings. The van der Waals surface area contributed by atoms with E-state index in [1.165, 1.54) is 4.90 Å². The van der Waals surface area contributed by atoms with E-state index in [0.717, 1.165) is 46.6 Å². The van der Waals surface area contributed by atoms with Gasteiger partial charge in [0.1, 0.15) is 36.6 Å². The van der Waals surface area contributed by atoms with Crippen LogP contribution in [-0.2, 0) is 19.1 Å². The second-order valence-corrected chi connectivity index (χ2v) is 21.6. The fraction of sp³-hybridized carbons (Fsp3) is 0.500. The number of unbranched alkanes of at least 4 members (excludes halogenated alkanes) is 2. The van der Waals surface area contributed by atoms with Crippen LogP contribution in [0.15, 0.2) is 72.2 Å². The molecule has 4 atom stereocenters. The van der Waals surface area contributed by atoms with Gasteiger partial charge in [0.2, 0.25) is 17.7 Å². The van der Waals surface area contributed by atoms with E-state index in [9.17, 15) is 29.5 Å². The third-order valence-electron chi connectivity index (χ3n) is 13.2. The molecule has 0 radical (unpaired) electrons. The molecule has 0 bridgehead atoms. The van der Waals surface area contributed by atoms with E-state index in [0.29, 0.717) is 35.1 Å². The number of aliphatic hydroxyl groups excluding tert-OH is 1. The molecule has 364 valence electrons. The van der Waals surface area contributed by atoms with Crippen molar-refractivity contribution in [1.29, 1.82) is 5.26 Å². The van der Waals surface area contributed by atoms with Gasteiger partial charge in [-0.25, -0.2) is 4.98 Å². The van der Waals surface area contributed by atoms with Gasteiger partial charge in [0.15, 0.2) is 0 Å². The Labute approximate surface area is 409 Å². The fourth-order valence-corrected chi connectivity index (χ4v) is 10.7. The molecule has 4 amide bonds. The lowest BCUT2D eigenvalue weighted by molar-refractivity contribution is -0.164. The molecule has 4 aromatic rings. The first-order valence-electron chi connectivity index (χ1n) is 23.3. The van der Waals surface area contributed by atoms with Crippen LogP contribution in [0.2, 0.25) is 5.02 Å². The van der Waals surface area contributed by atoms with Crippen molar-refractivity contribution in [2.75, 3.05) is 31.6 Å². The summed E-state index contributed by atoms with van der Waals surface area (Å²) < 4.78 is 12.1. The molecule has 16 heteroatoms. The van der Waals surface area contributed by atoms with E-state index >= 15 is 0 Å². The van der Waals surface area contributed by atoms with Gasteiger partial charge in [0.25, 0.3) is 5.91 Å². The van der Waals surface area contributed by atoms with Gasteiger partial charge in [0.05, 0.1) is 38.8 Å². The van der Waals surface area contributed by atoms with E-state index < -0.39 is 35.4 Å². The third-order valence-corrected chi connectivity index (χ3v) is 14.5. The number of likely N-dealkylation sites (tertiary alicyclic amines) is 1. The summed E-state index contributed by atoms with van der Waals surface area (Å²) in [6.45, 7) is 18.5. The number of nitrogens with zero attached hydrogens (tertiary/aromatic N) is 3. The number of nitrogens with one attached hydrogen (secondary N) is 4. The molecule has 1 saturated carbocycles. The highest BCUT2D eigenvalue weighted by atomic mass is 35.5. The summed E-state index contributed by atoms with van der Waals surface area (Å²) in [6, 6.07) is 20.1. The number of hydrogen-bond acceptors (Lipinski definition) is 11. The number of aryl methyl sites for hydroxylation is 1. The quantitative estimate of drug-likeness (QED) is 0.0572. The Balaban J connectivity index is 0.887. The Morgan fingerprint density at radius 2 is 1.68 bits per heavy atom. The van der Waals surface area contributed by atoms with Crippen LogP contribution < -0.4 is 26.0 Å². The molecular formula is C52H66ClN7O7S. The molecule has 14 nitrogen and oxygen atoms in total. The Morgan fingerprint density at radius 1 is 0.985 bits per heavy atom. The average molecular weight is 969 g/mol. The van der Waals surface area contributed by atoms with Crippen LogP contribution in [0.5, 0.6) is 5.75 Å². The Morgan fingerprint density at radius 3 is 2.29 bits per heavy atom. The minimum absolute atomic E-state index is 0.0135. The number of anilines is 1. The number of hydrogen-bond donors (Lipinski definition) is 5. The Hall–Kier alpha value is -5.53. The number of carbonyl (C=O) groups excluding carboxylic acids is 4. The maximum Gasteiger partial charge on any atom is 0.251 e. The number of halogens is 1. The first-order chi connectivity index (χ1) is 32.1. The summed E-state index contributed by atoms with van der Waals surface area (Å²) in [5.74, 6) is -0.820. The zero-order valence-electron chi connectivity index (χ0n) is 40.6. The fourth-order valence-electron chi connectivity index (χ4n) is 9.67. The molecule has 1 aromatic heterocycles. The summed E-state index contributed by atoms with van der Waals surface area (Å²) in [7, 11) is 0. The summed E-state index contributed by atoms with van der Waals surface area (Å²) in [4.78, 5) is 61.0. The Kier molecular flexibility index (Phi) is 16.6. The van der Waals surface area contributed by atoms with Crippen LogP contribution in [0, 0.1) is 34.5 Å². The largest absolute Gasteiger partial charge is 0.489 e. The summed E-state index contributed by atoms with van der Waals surface area (Å²) in [5.41, 5.74) is 5.11. The van der Waals surface area contributed by atoms with Crippen molar-refractivity contribution in [3.63, 3.8) is 0 Å². The van der Waals surface area contributed by atoms with Gasteiger partial charge in [0, 0.05) is 60.3 Å². The number of thiazole rings is 1. The van der Waals surface area contributed by atoms with Crippen LogP contribution in [-0.4, -0.2) is 95.3 Å². The topological polar surface area (TPSA) is 195 Å². The average Bonchev–Trinajstić information content (AvgIpc) is 3.91. The lowest BCUT2D eigenvalue weighted by atomic mass is 9.49.